The van der Waals surface area contributed by atoms with E-state index >= 15 is 0 Å². The maximum absolute atomic E-state index is 13.6. The molecule has 2 saturated heterocycles. The van der Waals surface area contributed by atoms with Crippen molar-refractivity contribution in [3.63, 3.8) is 0 Å². The van der Waals surface area contributed by atoms with Gasteiger partial charge in [0.15, 0.2) is 0 Å². The smallest absolute Gasteiger partial charge is 0.249 e. The van der Waals surface area contributed by atoms with Crippen LogP contribution in [0.15, 0.2) is 60.7 Å². The second-order valence-corrected chi connectivity index (χ2v) is 9.28. The quantitative estimate of drug-likeness (QED) is 0.613. The van der Waals surface area contributed by atoms with E-state index in [2.05, 4.69) is 10.6 Å². The highest BCUT2D eigenvalue weighted by Gasteiger charge is 2.44. The molecule has 2 aromatic carbocycles. The molecular formula is C27H33N3O4. The Hall–Kier alpha value is -3.19. The molecule has 4 unspecified atom stereocenters. The third-order valence-corrected chi connectivity index (χ3v) is 6.89. The Morgan fingerprint density at radius 2 is 1.50 bits per heavy atom. The minimum absolute atomic E-state index is 0.0126. The first kappa shape index (κ1) is 24.0. The molecule has 0 aliphatic carbocycles. The minimum atomic E-state index is -1.19. The fourth-order valence-corrected chi connectivity index (χ4v) is 5.10. The number of benzene rings is 2. The average Bonchev–Trinajstić information content (AvgIpc) is 3.27. The van der Waals surface area contributed by atoms with Crippen LogP contribution in [0.5, 0.6) is 0 Å². The van der Waals surface area contributed by atoms with Gasteiger partial charge in [0.1, 0.15) is 18.2 Å². The van der Waals surface area contributed by atoms with Gasteiger partial charge in [0.2, 0.25) is 17.7 Å². The van der Waals surface area contributed by atoms with Crippen LogP contribution in [0, 0.1) is 0 Å². The predicted octanol–water partition coefficient (Wildman–Crippen LogP) is 2.69. The van der Waals surface area contributed by atoms with E-state index in [1.54, 1.807) is 4.90 Å². The molecule has 2 aromatic rings. The fraction of sp³-hybridized carbons (Fsp3) is 0.444. The number of hydrogen-bond donors (Lipinski definition) is 3. The van der Waals surface area contributed by atoms with Gasteiger partial charge in [-0.1, -0.05) is 73.5 Å². The number of nitrogens with one attached hydrogen (secondary N) is 2. The molecule has 2 heterocycles. The SMILES string of the molecule is CC(O)C(=O)NC1CCCCC2CCC(C(=O)NC(c3ccccc3)c3ccccc3)N2C1=O. The summed E-state index contributed by atoms with van der Waals surface area (Å²) < 4.78 is 0. The molecule has 4 atom stereocenters. The summed E-state index contributed by atoms with van der Waals surface area (Å²) in [6.45, 7) is 1.38. The zero-order valence-corrected chi connectivity index (χ0v) is 19.5. The number of carbonyl (C=O) groups is 3. The zero-order chi connectivity index (χ0) is 24.1. The third-order valence-electron chi connectivity index (χ3n) is 6.89. The average molecular weight is 464 g/mol. The van der Waals surface area contributed by atoms with Gasteiger partial charge >= 0.3 is 0 Å². The largest absolute Gasteiger partial charge is 0.384 e. The number of rotatable bonds is 6. The molecule has 0 radical (unpaired) electrons. The van der Waals surface area contributed by atoms with Gasteiger partial charge in [-0.2, -0.15) is 0 Å². The summed E-state index contributed by atoms with van der Waals surface area (Å²) in [6, 6.07) is 17.9. The lowest BCUT2D eigenvalue weighted by Gasteiger charge is -2.36. The van der Waals surface area contributed by atoms with E-state index < -0.39 is 24.1 Å². The molecule has 0 spiro atoms. The molecule has 2 fully saturated rings. The van der Waals surface area contributed by atoms with Crippen molar-refractivity contribution >= 4 is 17.7 Å². The van der Waals surface area contributed by atoms with Gasteiger partial charge in [0.25, 0.3) is 0 Å². The molecule has 3 N–H and O–H groups in total. The lowest BCUT2D eigenvalue weighted by molar-refractivity contribution is -0.145. The Morgan fingerprint density at radius 1 is 0.912 bits per heavy atom. The monoisotopic (exact) mass is 463 g/mol. The first-order valence-electron chi connectivity index (χ1n) is 12.2. The number of aliphatic hydroxyl groups is 1. The van der Waals surface area contributed by atoms with Gasteiger partial charge in [-0.15, -0.1) is 0 Å². The van der Waals surface area contributed by atoms with Crippen molar-refractivity contribution < 1.29 is 19.5 Å². The molecule has 7 heteroatoms. The number of nitrogens with zero attached hydrogens (tertiary/aromatic N) is 1. The zero-order valence-electron chi connectivity index (χ0n) is 19.5. The van der Waals surface area contributed by atoms with Crippen molar-refractivity contribution in [3.8, 4) is 0 Å². The van der Waals surface area contributed by atoms with Crippen LogP contribution in [0.1, 0.15) is 62.6 Å². The number of amides is 3. The molecule has 3 amide bonds. The molecule has 7 nitrogen and oxygen atoms in total. The van der Waals surface area contributed by atoms with E-state index in [9.17, 15) is 19.5 Å². The van der Waals surface area contributed by atoms with Gasteiger partial charge < -0.3 is 20.6 Å². The fourth-order valence-electron chi connectivity index (χ4n) is 5.10. The molecule has 0 aromatic heterocycles. The van der Waals surface area contributed by atoms with Crippen LogP contribution in [0.25, 0.3) is 0 Å². The van der Waals surface area contributed by atoms with Gasteiger partial charge in [-0.05, 0) is 43.7 Å². The van der Waals surface area contributed by atoms with Gasteiger partial charge in [0.05, 0.1) is 6.04 Å². The molecule has 180 valence electrons. The highest BCUT2D eigenvalue weighted by Crippen LogP contribution is 2.32. The number of carbonyl (C=O) groups excluding carboxylic acids is 3. The van der Waals surface area contributed by atoms with E-state index in [1.807, 2.05) is 60.7 Å². The van der Waals surface area contributed by atoms with Gasteiger partial charge in [-0.25, -0.2) is 0 Å². The first-order chi connectivity index (χ1) is 16.5. The molecule has 0 saturated carbocycles. The Balaban J connectivity index is 1.57. The Labute approximate surface area is 200 Å². The molecule has 34 heavy (non-hydrogen) atoms. The van der Waals surface area contributed by atoms with Gasteiger partial charge in [0, 0.05) is 6.04 Å². The lowest BCUT2D eigenvalue weighted by atomic mass is 9.98. The molecular weight excluding hydrogens is 430 g/mol. The van der Waals surface area contributed by atoms with Crippen molar-refractivity contribution in [2.24, 2.45) is 0 Å². The number of aliphatic hydroxyl groups excluding tert-OH is 1. The van der Waals surface area contributed by atoms with E-state index in [0.29, 0.717) is 12.8 Å². The Kier molecular flexibility index (Phi) is 7.63. The van der Waals surface area contributed by atoms with Crippen LogP contribution >= 0.6 is 0 Å². The van der Waals surface area contributed by atoms with Crippen molar-refractivity contribution in [1.29, 1.82) is 0 Å². The van der Waals surface area contributed by atoms with Crippen molar-refractivity contribution in [2.75, 3.05) is 0 Å². The van der Waals surface area contributed by atoms with Crippen LogP contribution in [0.2, 0.25) is 0 Å². The van der Waals surface area contributed by atoms with Crippen molar-refractivity contribution in [1.82, 2.24) is 15.5 Å². The van der Waals surface area contributed by atoms with E-state index in [4.69, 9.17) is 0 Å². The predicted molar refractivity (Wildman–Crippen MR) is 129 cm³/mol. The topological polar surface area (TPSA) is 98.7 Å². The summed E-state index contributed by atoms with van der Waals surface area (Å²) >= 11 is 0. The van der Waals surface area contributed by atoms with Crippen LogP contribution < -0.4 is 10.6 Å². The third kappa shape index (κ3) is 5.30. The second kappa shape index (κ2) is 10.8. The Bertz CT molecular complexity index is 956. The van der Waals surface area contributed by atoms with E-state index in [1.165, 1.54) is 6.92 Å². The molecule has 2 aliphatic rings. The summed E-state index contributed by atoms with van der Waals surface area (Å²) in [5, 5.41) is 15.5. The summed E-state index contributed by atoms with van der Waals surface area (Å²) in [6.07, 6.45) is 3.28. The maximum Gasteiger partial charge on any atom is 0.249 e. The summed E-state index contributed by atoms with van der Waals surface area (Å²) in [5.74, 6) is -0.981. The van der Waals surface area contributed by atoms with Gasteiger partial charge in [-0.3, -0.25) is 14.4 Å². The van der Waals surface area contributed by atoms with Crippen LogP contribution in [-0.2, 0) is 14.4 Å². The normalized spacial score (nSPS) is 23.6. The highest BCUT2D eigenvalue weighted by atomic mass is 16.3. The number of fused-ring (bicyclic) bond motifs is 1. The molecule has 2 aliphatic heterocycles. The van der Waals surface area contributed by atoms with Crippen LogP contribution in [0.4, 0.5) is 0 Å². The maximum atomic E-state index is 13.6. The summed E-state index contributed by atoms with van der Waals surface area (Å²) in [4.78, 5) is 40.9. The summed E-state index contributed by atoms with van der Waals surface area (Å²) in [5.41, 5.74) is 1.94. The Morgan fingerprint density at radius 3 is 2.09 bits per heavy atom. The van der Waals surface area contributed by atoms with E-state index in [-0.39, 0.29) is 23.9 Å². The molecule has 0 bridgehead atoms. The van der Waals surface area contributed by atoms with Crippen LogP contribution in [0.3, 0.4) is 0 Å². The van der Waals surface area contributed by atoms with Crippen molar-refractivity contribution in [3.05, 3.63) is 71.8 Å². The first-order valence-corrected chi connectivity index (χ1v) is 12.2. The van der Waals surface area contributed by atoms with E-state index in [0.717, 1.165) is 36.8 Å². The van der Waals surface area contributed by atoms with Crippen molar-refractivity contribution in [2.45, 2.75) is 75.7 Å². The number of hydrogen-bond acceptors (Lipinski definition) is 4. The lowest BCUT2D eigenvalue weighted by Crippen LogP contribution is -2.57. The highest BCUT2D eigenvalue weighted by molar-refractivity contribution is 5.93. The standard InChI is InChI=1S/C27H33N3O4/c1-18(31)25(32)28-22-15-9-8-14-21-16-17-23(30(21)27(22)34)26(33)29-24(19-10-4-2-5-11-19)20-12-6-3-7-13-20/h2-7,10-13,18,21-24,31H,8-9,14-17H2,1H3,(H,28,32)(H,29,33). The minimum Gasteiger partial charge on any atom is -0.384 e. The van der Waals surface area contributed by atoms with Crippen LogP contribution in [-0.4, -0.2) is 52.0 Å². The molecule has 4 rings (SSSR count). The summed E-state index contributed by atoms with van der Waals surface area (Å²) in [7, 11) is 0. The second-order valence-electron chi connectivity index (χ2n) is 9.28.